The third-order valence-corrected chi connectivity index (χ3v) is 4.95. The van der Waals surface area contributed by atoms with Gasteiger partial charge in [-0.1, -0.05) is 19.8 Å². The summed E-state index contributed by atoms with van der Waals surface area (Å²) in [7, 11) is 1.55. The van der Waals surface area contributed by atoms with Crippen LogP contribution < -0.4 is 19.5 Å². The third-order valence-electron chi connectivity index (χ3n) is 4.95. The Hall–Kier alpha value is -2.68. The molecule has 2 aliphatic rings. The SMILES string of the molecule is COc1cc(/C=C(\C#N)C(=O)N[C@H]2CCCC[C@@H]2C)cc2c1OCCO2. The van der Waals surface area contributed by atoms with Crippen molar-refractivity contribution in [3.63, 3.8) is 0 Å². The number of hydrogen-bond donors (Lipinski definition) is 1. The van der Waals surface area contributed by atoms with Crippen LogP contribution in [0, 0.1) is 17.2 Å². The van der Waals surface area contributed by atoms with Crippen molar-refractivity contribution in [3.05, 3.63) is 23.3 Å². The fourth-order valence-corrected chi connectivity index (χ4v) is 3.47. The van der Waals surface area contributed by atoms with Crippen molar-refractivity contribution in [2.45, 2.75) is 38.6 Å². The number of ether oxygens (including phenoxy) is 3. The van der Waals surface area contributed by atoms with Gasteiger partial charge in [0.15, 0.2) is 11.5 Å². The molecular formula is C20H24N2O4. The number of carbonyl (C=O) groups excluding carboxylic acids is 1. The van der Waals surface area contributed by atoms with E-state index in [4.69, 9.17) is 14.2 Å². The number of rotatable bonds is 4. The lowest BCUT2D eigenvalue weighted by atomic mass is 9.86. The van der Waals surface area contributed by atoms with E-state index in [1.165, 1.54) is 6.42 Å². The van der Waals surface area contributed by atoms with Gasteiger partial charge in [0.25, 0.3) is 5.91 Å². The number of nitrogens with zero attached hydrogens (tertiary/aromatic N) is 1. The maximum Gasteiger partial charge on any atom is 0.262 e. The van der Waals surface area contributed by atoms with Crippen LogP contribution in [0.4, 0.5) is 0 Å². The molecule has 0 spiro atoms. The van der Waals surface area contributed by atoms with Crippen molar-refractivity contribution in [1.29, 1.82) is 5.26 Å². The van der Waals surface area contributed by atoms with Crippen molar-refractivity contribution < 1.29 is 19.0 Å². The zero-order valence-electron chi connectivity index (χ0n) is 15.2. The first-order valence-electron chi connectivity index (χ1n) is 9.02. The number of carbonyl (C=O) groups is 1. The summed E-state index contributed by atoms with van der Waals surface area (Å²) in [6.07, 6.45) is 5.94. The van der Waals surface area contributed by atoms with Gasteiger partial charge in [0.05, 0.1) is 7.11 Å². The first kappa shape index (κ1) is 18.1. The Kier molecular flexibility index (Phi) is 5.67. The lowest BCUT2D eigenvalue weighted by Crippen LogP contribution is -2.41. The molecule has 0 bridgehead atoms. The summed E-state index contributed by atoms with van der Waals surface area (Å²) in [6, 6.07) is 5.63. The molecule has 0 saturated heterocycles. The average Bonchev–Trinajstić information content (AvgIpc) is 2.67. The van der Waals surface area contributed by atoms with Crippen LogP contribution in [0.15, 0.2) is 17.7 Å². The van der Waals surface area contributed by atoms with Crippen molar-refractivity contribution in [2.75, 3.05) is 20.3 Å². The van der Waals surface area contributed by atoms with Crippen molar-refractivity contribution >= 4 is 12.0 Å². The second kappa shape index (κ2) is 8.13. The third kappa shape index (κ3) is 3.93. The zero-order chi connectivity index (χ0) is 18.5. The molecule has 1 aromatic carbocycles. The molecule has 6 nitrogen and oxygen atoms in total. The summed E-state index contributed by atoms with van der Waals surface area (Å²) in [6.45, 7) is 3.06. The van der Waals surface area contributed by atoms with E-state index in [9.17, 15) is 10.1 Å². The summed E-state index contributed by atoms with van der Waals surface area (Å²) in [5, 5.41) is 12.5. The van der Waals surface area contributed by atoms with Crippen LogP contribution in [-0.2, 0) is 4.79 Å². The molecule has 0 aromatic heterocycles. The van der Waals surface area contributed by atoms with Gasteiger partial charge in [0, 0.05) is 6.04 Å². The largest absolute Gasteiger partial charge is 0.493 e. The van der Waals surface area contributed by atoms with Crippen LogP contribution in [0.3, 0.4) is 0 Å². The second-order valence-electron chi connectivity index (χ2n) is 6.76. The van der Waals surface area contributed by atoms with E-state index in [-0.39, 0.29) is 17.5 Å². The Bertz CT molecular complexity index is 734. The minimum Gasteiger partial charge on any atom is -0.493 e. The predicted molar refractivity (Wildman–Crippen MR) is 97.1 cm³/mol. The quantitative estimate of drug-likeness (QED) is 0.662. The van der Waals surface area contributed by atoms with E-state index >= 15 is 0 Å². The Morgan fingerprint density at radius 1 is 1.31 bits per heavy atom. The van der Waals surface area contributed by atoms with Crippen molar-refractivity contribution in [3.8, 4) is 23.3 Å². The monoisotopic (exact) mass is 356 g/mol. The van der Waals surface area contributed by atoms with Gasteiger partial charge in [0.2, 0.25) is 5.75 Å². The predicted octanol–water partition coefficient (Wildman–Crippen LogP) is 3.07. The Labute approximate surface area is 153 Å². The number of hydrogen-bond acceptors (Lipinski definition) is 5. The standard InChI is InChI=1S/C20H24N2O4/c1-13-5-3-4-6-16(13)22-20(23)15(12-21)9-14-10-17(24-2)19-18(11-14)25-7-8-26-19/h9-11,13,16H,3-8H2,1-2H3,(H,22,23)/b15-9+/t13-,16-/m0/s1. The van der Waals surface area contributed by atoms with Crippen LogP contribution in [0.5, 0.6) is 17.2 Å². The van der Waals surface area contributed by atoms with E-state index in [1.54, 1.807) is 25.3 Å². The smallest absolute Gasteiger partial charge is 0.262 e. The second-order valence-corrected chi connectivity index (χ2v) is 6.76. The molecule has 1 amide bonds. The first-order chi connectivity index (χ1) is 12.6. The van der Waals surface area contributed by atoms with Gasteiger partial charge in [-0.2, -0.15) is 5.26 Å². The highest BCUT2D eigenvalue weighted by Crippen LogP contribution is 2.40. The van der Waals surface area contributed by atoms with Gasteiger partial charge in [-0.15, -0.1) is 0 Å². The minimum absolute atomic E-state index is 0.0708. The number of nitrogens with one attached hydrogen (secondary N) is 1. The van der Waals surface area contributed by atoms with Crippen molar-refractivity contribution in [1.82, 2.24) is 5.32 Å². The lowest BCUT2D eigenvalue weighted by Gasteiger charge is -2.29. The van der Waals surface area contributed by atoms with Crippen LogP contribution in [0.25, 0.3) is 6.08 Å². The fraction of sp³-hybridized carbons (Fsp3) is 0.500. The van der Waals surface area contributed by atoms with Gasteiger partial charge in [-0.25, -0.2) is 0 Å². The Morgan fingerprint density at radius 2 is 2.08 bits per heavy atom. The van der Waals surface area contributed by atoms with E-state index in [1.807, 2.05) is 6.07 Å². The summed E-state index contributed by atoms with van der Waals surface area (Å²) in [4.78, 5) is 12.5. The molecule has 0 radical (unpaired) electrons. The molecule has 26 heavy (non-hydrogen) atoms. The molecule has 0 unspecified atom stereocenters. The maximum atomic E-state index is 12.5. The number of nitriles is 1. The van der Waals surface area contributed by atoms with Gasteiger partial charge in [-0.05, 0) is 42.5 Å². The molecule has 1 saturated carbocycles. The maximum absolute atomic E-state index is 12.5. The topological polar surface area (TPSA) is 80.6 Å². The Morgan fingerprint density at radius 3 is 2.81 bits per heavy atom. The minimum atomic E-state index is -0.333. The van der Waals surface area contributed by atoms with Gasteiger partial charge in [-0.3, -0.25) is 4.79 Å². The first-order valence-corrected chi connectivity index (χ1v) is 9.02. The average molecular weight is 356 g/mol. The molecule has 2 atom stereocenters. The number of fused-ring (bicyclic) bond motifs is 1. The number of amides is 1. The summed E-state index contributed by atoms with van der Waals surface area (Å²) >= 11 is 0. The molecule has 6 heteroatoms. The molecule has 1 aromatic rings. The molecule has 1 heterocycles. The Balaban J connectivity index is 1.82. The lowest BCUT2D eigenvalue weighted by molar-refractivity contribution is -0.118. The zero-order valence-corrected chi connectivity index (χ0v) is 15.2. The molecule has 1 N–H and O–H groups in total. The highest BCUT2D eigenvalue weighted by molar-refractivity contribution is 6.02. The highest BCUT2D eigenvalue weighted by Gasteiger charge is 2.24. The van der Waals surface area contributed by atoms with Crippen LogP contribution in [0.1, 0.15) is 38.2 Å². The molecule has 1 aliphatic carbocycles. The van der Waals surface area contributed by atoms with E-state index in [0.717, 1.165) is 19.3 Å². The highest BCUT2D eigenvalue weighted by atomic mass is 16.6. The number of methoxy groups -OCH3 is 1. The fourth-order valence-electron chi connectivity index (χ4n) is 3.47. The molecule has 1 aliphatic heterocycles. The summed E-state index contributed by atoms with van der Waals surface area (Å²) < 4.78 is 16.5. The van der Waals surface area contributed by atoms with E-state index in [2.05, 4.69) is 12.2 Å². The van der Waals surface area contributed by atoms with Gasteiger partial charge in [0.1, 0.15) is 24.9 Å². The molecule has 138 valence electrons. The van der Waals surface area contributed by atoms with Gasteiger partial charge >= 0.3 is 0 Å². The summed E-state index contributed by atoms with van der Waals surface area (Å²) in [5.41, 5.74) is 0.732. The van der Waals surface area contributed by atoms with Crippen LogP contribution in [-0.4, -0.2) is 32.3 Å². The van der Waals surface area contributed by atoms with Crippen molar-refractivity contribution in [2.24, 2.45) is 5.92 Å². The van der Waals surface area contributed by atoms with Crippen LogP contribution in [0.2, 0.25) is 0 Å². The molecule has 3 rings (SSSR count). The van der Waals surface area contributed by atoms with E-state index in [0.29, 0.717) is 41.9 Å². The number of benzene rings is 1. The molecule has 1 fully saturated rings. The summed E-state index contributed by atoms with van der Waals surface area (Å²) in [5.74, 6) is 1.73. The normalized spacial score (nSPS) is 22.3. The van der Waals surface area contributed by atoms with Gasteiger partial charge < -0.3 is 19.5 Å². The van der Waals surface area contributed by atoms with Crippen LogP contribution >= 0.6 is 0 Å². The molecular weight excluding hydrogens is 332 g/mol. The van der Waals surface area contributed by atoms with E-state index < -0.39 is 0 Å².